The second kappa shape index (κ2) is 15.0. The molecule has 0 unspecified atom stereocenters. The van der Waals surface area contributed by atoms with Crippen molar-refractivity contribution in [1.29, 1.82) is 0 Å². The third-order valence-electron chi connectivity index (χ3n) is 6.64. The normalized spacial score (nSPS) is 12.0. The Bertz CT molecular complexity index is 1840. The van der Waals surface area contributed by atoms with Gasteiger partial charge in [-0.1, -0.05) is 48.0 Å². The van der Waals surface area contributed by atoms with Crippen LogP contribution in [0, 0.1) is 6.92 Å². The topological polar surface area (TPSA) is 157 Å². The van der Waals surface area contributed by atoms with Crippen LogP contribution in [0.3, 0.4) is 0 Å². The highest BCUT2D eigenvalue weighted by molar-refractivity contribution is 7.89. The molecule has 1 amide bonds. The van der Waals surface area contributed by atoms with Crippen LogP contribution in [0.5, 0.6) is 11.5 Å². The molecule has 0 spiro atoms. The molecular weight excluding hydrogens is 620 g/mol. The molecule has 0 atom stereocenters. The number of furan rings is 1. The highest BCUT2D eigenvalue weighted by Crippen LogP contribution is 2.30. The van der Waals surface area contributed by atoms with Crippen molar-refractivity contribution in [3.63, 3.8) is 0 Å². The molecule has 0 aliphatic rings. The van der Waals surface area contributed by atoms with Crippen molar-refractivity contribution in [2.24, 2.45) is 5.10 Å². The molecule has 0 fully saturated rings. The van der Waals surface area contributed by atoms with E-state index >= 15 is 0 Å². The van der Waals surface area contributed by atoms with Crippen molar-refractivity contribution >= 4 is 32.2 Å². The molecule has 14 heteroatoms. The second-order valence-corrected chi connectivity index (χ2v) is 13.5. The van der Waals surface area contributed by atoms with Gasteiger partial charge in [-0.15, -0.1) is 0 Å². The minimum absolute atomic E-state index is 0.0257. The van der Waals surface area contributed by atoms with E-state index in [-0.39, 0.29) is 34.4 Å². The van der Waals surface area contributed by atoms with Gasteiger partial charge in [0.25, 0.3) is 5.91 Å². The summed E-state index contributed by atoms with van der Waals surface area (Å²) in [4.78, 5) is 12.9. The van der Waals surface area contributed by atoms with E-state index in [1.54, 1.807) is 24.3 Å². The lowest BCUT2D eigenvalue weighted by Crippen LogP contribution is -2.40. The smallest absolute Gasteiger partial charge is 0.255 e. The maximum Gasteiger partial charge on any atom is 0.255 e. The third kappa shape index (κ3) is 9.01. The second-order valence-electron chi connectivity index (χ2n) is 9.83. The quantitative estimate of drug-likeness (QED) is 0.146. The van der Waals surface area contributed by atoms with Crippen LogP contribution < -0.4 is 19.6 Å². The minimum atomic E-state index is -4.13. The number of aryl methyl sites for hydroxylation is 1. The Hall–Kier alpha value is -4.50. The van der Waals surface area contributed by atoms with Crippen LogP contribution in [-0.2, 0) is 37.8 Å². The fraction of sp³-hybridized carbons (Fsp3) is 0.226. The minimum Gasteiger partial charge on any atom is -0.493 e. The highest BCUT2D eigenvalue weighted by atomic mass is 32.2. The van der Waals surface area contributed by atoms with Crippen LogP contribution in [-0.4, -0.2) is 60.6 Å². The van der Waals surface area contributed by atoms with E-state index in [0.717, 1.165) is 15.4 Å². The standard InChI is InChI=1S/C31H34N4O8S2/c1-23-9-13-27(14-10-23)44(37,38)33-21-26-12-11-25(43-26)20-32-34-31(36)22-35(18-17-24-7-5-4-6-8-24)45(39,40)28-15-16-29(41-2)30(19-28)42-3/h4-16,19-20,33H,17-18,21-22H2,1-3H3,(H,34,36)/b32-20-. The maximum atomic E-state index is 13.6. The Morgan fingerprint density at radius 1 is 0.889 bits per heavy atom. The zero-order chi connectivity index (χ0) is 32.5. The van der Waals surface area contributed by atoms with Crippen LogP contribution in [0.4, 0.5) is 0 Å². The third-order valence-corrected chi connectivity index (χ3v) is 9.89. The monoisotopic (exact) mass is 654 g/mol. The van der Waals surface area contributed by atoms with Gasteiger partial charge in [0.05, 0.1) is 43.3 Å². The molecule has 1 heterocycles. The van der Waals surface area contributed by atoms with Crippen LogP contribution in [0.15, 0.2) is 104 Å². The molecular formula is C31H34N4O8S2. The molecule has 0 aliphatic heterocycles. The SMILES string of the molecule is COc1ccc(S(=O)(=O)N(CCc2ccccc2)CC(=O)N/N=C\c2ccc(CNS(=O)(=O)c3ccc(C)cc3)o2)cc1OC. The van der Waals surface area contributed by atoms with Crippen molar-refractivity contribution in [1.82, 2.24) is 14.5 Å². The van der Waals surface area contributed by atoms with E-state index in [9.17, 15) is 21.6 Å². The molecule has 0 saturated heterocycles. The lowest BCUT2D eigenvalue weighted by molar-refractivity contribution is -0.121. The molecule has 2 N–H and O–H groups in total. The first-order chi connectivity index (χ1) is 21.5. The van der Waals surface area contributed by atoms with E-state index in [1.807, 2.05) is 37.3 Å². The van der Waals surface area contributed by atoms with Gasteiger partial charge in [-0.25, -0.2) is 27.0 Å². The van der Waals surface area contributed by atoms with Crippen LogP contribution in [0.2, 0.25) is 0 Å². The van der Waals surface area contributed by atoms with Gasteiger partial charge in [0.1, 0.15) is 11.5 Å². The van der Waals surface area contributed by atoms with Gasteiger partial charge >= 0.3 is 0 Å². The predicted octanol–water partition coefficient (Wildman–Crippen LogP) is 3.47. The molecule has 1 aromatic heterocycles. The van der Waals surface area contributed by atoms with E-state index in [4.69, 9.17) is 13.9 Å². The van der Waals surface area contributed by atoms with E-state index in [1.165, 1.54) is 50.8 Å². The number of hydrazone groups is 1. The number of sulfonamides is 2. The summed E-state index contributed by atoms with van der Waals surface area (Å²) >= 11 is 0. The van der Waals surface area contributed by atoms with Crippen molar-refractivity contribution < 1.29 is 35.5 Å². The zero-order valence-electron chi connectivity index (χ0n) is 25.0. The van der Waals surface area contributed by atoms with Gasteiger partial charge in [-0.2, -0.15) is 9.41 Å². The molecule has 0 saturated carbocycles. The Morgan fingerprint density at radius 3 is 2.27 bits per heavy atom. The molecule has 3 aromatic carbocycles. The van der Waals surface area contributed by atoms with Gasteiger partial charge in [0.15, 0.2) is 11.5 Å². The molecule has 12 nitrogen and oxygen atoms in total. The first-order valence-electron chi connectivity index (χ1n) is 13.7. The summed E-state index contributed by atoms with van der Waals surface area (Å²) in [6.07, 6.45) is 1.60. The number of nitrogens with one attached hydrogen (secondary N) is 2. The van der Waals surface area contributed by atoms with Crippen LogP contribution in [0.25, 0.3) is 0 Å². The summed E-state index contributed by atoms with van der Waals surface area (Å²) in [6, 6.07) is 23.1. The van der Waals surface area contributed by atoms with E-state index in [2.05, 4.69) is 15.2 Å². The summed E-state index contributed by atoms with van der Waals surface area (Å²) in [7, 11) is -5.02. The molecule has 4 rings (SSSR count). The van der Waals surface area contributed by atoms with Gasteiger partial charge < -0.3 is 13.9 Å². The average molecular weight is 655 g/mol. The Kier molecular flexibility index (Phi) is 11.1. The number of hydrogen-bond donors (Lipinski definition) is 2. The lowest BCUT2D eigenvalue weighted by atomic mass is 10.1. The average Bonchev–Trinajstić information content (AvgIpc) is 3.50. The lowest BCUT2D eigenvalue weighted by Gasteiger charge is -2.22. The molecule has 0 bridgehead atoms. The highest BCUT2D eigenvalue weighted by Gasteiger charge is 2.28. The number of nitrogens with zero attached hydrogens (tertiary/aromatic N) is 2. The van der Waals surface area contributed by atoms with Crippen LogP contribution in [0.1, 0.15) is 22.6 Å². The Labute approximate surface area is 262 Å². The van der Waals surface area contributed by atoms with Crippen molar-refractivity contribution in [3.05, 3.63) is 108 Å². The molecule has 238 valence electrons. The summed E-state index contributed by atoms with van der Waals surface area (Å²) in [5.74, 6) is 0.492. The number of methoxy groups -OCH3 is 2. The molecule has 4 aromatic rings. The largest absolute Gasteiger partial charge is 0.493 e. The number of ether oxygens (including phenoxy) is 2. The van der Waals surface area contributed by atoms with E-state index < -0.39 is 32.5 Å². The molecule has 0 aliphatic carbocycles. The number of carbonyl (C=O) groups is 1. The van der Waals surface area contributed by atoms with Crippen molar-refractivity contribution in [2.75, 3.05) is 27.3 Å². The fourth-order valence-corrected chi connectivity index (χ4v) is 6.60. The number of amides is 1. The predicted molar refractivity (Wildman–Crippen MR) is 168 cm³/mol. The summed E-state index contributed by atoms with van der Waals surface area (Å²) < 4.78 is 71.9. The molecule has 0 radical (unpaired) electrons. The van der Waals surface area contributed by atoms with Crippen molar-refractivity contribution in [2.45, 2.75) is 29.7 Å². The van der Waals surface area contributed by atoms with Gasteiger partial charge in [0.2, 0.25) is 20.0 Å². The van der Waals surface area contributed by atoms with Gasteiger partial charge in [-0.3, -0.25) is 4.79 Å². The first-order valence-corrected chi connectivity index (χ1v) is 16.7. The molecule has 45 heavy (non-hydrogen) atoms. The summed E-state index contributed by atoms with van der Waals surface area (Å²) in [5.41, 5.74) is 4.17. The van der Waals surface area contributed by atoms with Gasteiger partial charge in [0, 0.05) is 12.6 Å². The zero-order valence-corrected chi connectivity index (χ0v) is 26.6. The Morgan fingerprint density at radius 2 is 1.58 bits per heavy atom. The van der Waals surface area contributed by atoms with Gasteiger partial charge in [-0.05, 0) is 55.3 Å². The van der Waals surface area contributed by atoms with Crippen molar-refractivity contribution in [3.8, 4) is 11.5 Å². The maximum absolute atomic E-state index is 13.6. The Balaban J connectivity index is 1.40. The fourth-order valence-electron chi connectivity index (χ4n) is 4.20. The number of rotatable bonds is 15. The first kappa shape index (κ1) is 33.4. The number of carbonyl (C=O) groups excluding carboxylic acids is 1. The number of hydrogen-bond acceptors (Lipinski definition) is 9. The number of benzene rings is 3. The van der Waals surface area contributed by atoms with Crippen LogP contribution >= 0.6 is 0 Å². The summed E-state index contributed by atoms with van der Waals surface area (Å²) in [5, 5.41) is 3.88. The summed E-state index contributed by atoms with van der Waals surface area (Å²) in [6.45, 7) is 1.28. The van der Waals surface area contributed by atoms with E-state index in [0.29, 0.717) is 17.9 Å².